The van der Waals surface area contributed by atoms with E-state index in [4.69, 9.17) is 0 Å². The third-order valence-corrected chi connectivity index (χ3v) is 1.77. The molecule has 0 atom stereocenters. The van der Waals surface area contributed by atoms with Gasteiger partial charge in [0.05, 0.1) is 10.5 Å². The number of benzene rings is 1. The second-order valence-corrected chi connectivity index (χ2v) is 2.89. The first-order valence-electron chi connectivity index (χ1n) is 4.30. The molecule has 0 bridgehead atoms. The average Bonchev–Trinajstić information content (AvgIpc) is 2.16. The van der Waals surface area contributed by atoms with Crippen molar-refractivity contribution in [2.75, 3.05) is 0 Å². The number of allylic oxidation sites excluding steroid dienone is 1. The standard InChI is InChI=1S/C10H7F2NO3/c11-8-5-7(3-1-2-4-14)10(13(15)16)9(12)6-8/h1,3-6H,2H2. The molecule has 0 aromatic heterocycles. The second-order valence-electron chi connectivity index (χ2n) is 2.89. The maximum Gasteiger partial charge on any atom is 0.312 e. The van der Waals surface area contributed by atoms with Crippen molar-refractivity contribution in [3.8, 4) is 0 Å². The Morgan fingerprint density at radius 1 is 1.38 bits per heavy atom. The van der Waals surface area contributed by atoms with Crippen molar-refractivity contribution in [1.29, 1.82) is 0 Å². The zero-order chi connectivity index (χ0) is 12.1. The highest BCUT2D eigenvalue weighted by atomic mass is 19.1. The van der Waals surface area contributed by atoms with Gasteiger partial charge in [0.25, 0.3) is 0 Å². The van der Waals surface area contributed by atoms with E-state index in [9.17, 15) is 23.7 Å². The molecule has 4 nitrogen and oxygen atoms in total. The van der Waals surface area contributed by atoms with Crippen molar-refractivity contribution in [3.63, 3.8) is 0 Å². The number of carbonyl (C=O) groups excluding carboxylic acids is 1. The van der Waals surface area contributed by atoms with Crippen LogP contribution in [0.15, 0.2) is 18.2 Å². The van der Waals surface area contributed by atoms with Crippen LogP contribution in [0.5, 0.6) is 0 Å². The number of hydrogen-bond donors (Lipinski definition) is 0. The summed E-state index contributed by atoms with van der Waals surface area (Å²) in [4.78, 5) is 19.6. The molecule has 0 amide bonds. The summed E-state index contributed by atoms with van der Waals surface area (Å²) in [6.07, 6.45) is 3.01. The number of halogens is 2. The van der Waals surface area contributed by atoms with Gasteiger partial charge in [0, 0.05) is 12.5 Å². The van der Waals surface area contributed by atoms with Crippen molar-refractivity contribution in [3.05, 3.63) is 45.5 Å². The maximum atomic E-state index is 13.1. The minimum absolute atomic E-state index is 0.0231. The Bertz CT molecular complexity index is 458. The van der Waals surface area contributed by atoms with Gasteiger partial charge < -0.3 is 4.79 Å². The minimum atomic E-state index is -1.24. The monoisotopic (exact) mass is 227 g/mol. The Kier molecular flexibility index (Phi) is 3.82. The average molecular weight is 227 g/mol. The summed E-state index contributed by atoms with van der Waals surface area (Å²) >= 11 is 0. The molecule has 1 aromatic rings. The molecule has 0 radical (unpaired) electrons. The molecule has 6 heteroatoms. The molecule has 0 heterocycles. The topological polar surface area (TPSA) is 60.2 Å². The number of nitrogens with zero attached hydrogens (tertiary/aromatic N) is 1. The van der Waals surface area contributed by atoms with E-state index < -0.39 is 22.2 Å². The molecular weight excluding hydrogens is 220 g/mol. The molecule has 1 rings (SSSR count). The molecular formula is C10H7F2NO3. The first-order valence-corrected chi connectivity index (χ1v) is 4.30. The summed E-state index contributed by atoms with van der Waals surface area (Å²) in [5.41, 5.74) is -1.01. The molecule has 0 saturated carbocycles. The molecule has 0 fully saturated rings. The van der Waals surface area contributed by atoms with E-state index in [0.717, 1.165) is 12.1 Å². The van der Waals surface area contributed by atoms with Crippen LogP contribution < -0.4 is 0 Å². The highest BCUT2D eigenvalue weighted by molar-refractivity contribution is 5.64. The molecule has 0 spiro atoms. The summed E-state index contributed by atoms with van der Waals surface area (Å²) in [6, 6.07) is 1.28. The van der Waals surface area contributed by atoms with Gasteiger partial charge in [-0.2, -0.15) is 4.39 Å². The highest BCUT2D eigenvalue weighted by Gasteiger charge is 2.19. The fourth-order valence-corrected chi connectivity index (χ4v) is 1.16. The predicted octanol–water partition coefficient (Wildman–Crippen LogP) is 2.48. The van der Waals surface area contributed by atoms with E-state index in [2.05, 4.69) is 0 Å². The molecule has 0 aliphatic heterocycles. The van der Waals surface area contributed by atoms with Crippen LogP contribution in [0.2, 0.25) is 0 Å². The molecule has 16 heavy (non-hydrogen) atoms. The number of aldehydes is 1. The summed E-state index contributed by atoms with van der Waals surface area (Å²) in [5.74, 6) is -2.15. The number of hydrogen-bond acceptors (Lipinski definition) is 3. The zero-order valence-corrected chi connectivity index (χ0v) is 8.02. The lowest BCUT2D eigenvalue weighted by atomic mass is 10.1. The van der Waals surface area contributed by atoms with E-state index in [0.29, 0.717) is 12.4 Å². The van der Waals surface area contributed by atoms with Gasteiger partial charge in [-0.05, 0) is 6.07 Å². The lowest BCUT2D eigenvalue weighted by Crippen LogP contribution is -1.97. The molecule has 0 aliphatic rings. The lowest BCUT2D eigenvalue weighted by Gasteiger charge is -1.99. The van der Waals surface area contributed by atoms with Crippen LogP contribution in [0.4, 0.5) is 14.5 Å². The minimum Gasteiger partial charge on any atom is -0.303 e. The van der Waals surface area contributed by atoms with Crippen LogP contribution in [0, 0.1) is 21.7 Å². The van der Waals surface area contributed by atoms with Crippen molar-refractivity contribution in [1.82, 2.24) is 0 Å². The fourth-order valence-electron chi connectivity index (χ4n) is 1.16. The Morgan fingerprint density at radius 3 is 2.62 bits per heavy atom. The van der Waals surface area contributed by atoms with E-state index in [1.807, 2.05) is 0 Å². The third kappa shape index (κ3) is 2.69. The summed E-state index contributed by atoms with van der Waals surface area (Å²) in [7, 11) is 0. The molecule has 0 saturated heterocycles. The van der Waals surface area contributed by atoms with Crippen molar-refractivity contribution < 1.29 is 18.5 Å². The number of rotatable bonds is 4. The first kappa shape index (κ1) is 12.0. The van der Waals surface area contributed by atoms with Crippen LogP contribution in [0.25, 0.3) is 6.08 Å². The lowest BCUT2D eigenvalue weighted by molar-refractivity contribution is -0.387. The van der Waals surface area contributed by atoms with Gasteiger partial charge in [0.1, 0.15) is 12.1 Å². The van der Waals surface area contributed by atoms with Gasteiger partial charge in [-0.3, -0.25) is 10.1 Å². The number of nitro benzene ring substituents is 1. The molecule has 0 aliphatic carbocycles. The van der Waals surface area contributed by atoms with E-state index in [1.165, 1.54) is 6.08 Å². The Morgan fingerprint density at radius 2 is 2.06 bits per heavy atom. The van der Waals surface area contributed by atoms with Gasteiger partial charge in [-0.25, -0.2) is 4.39 Å². The molecule has 84 valence electrons. The summed E-state index contributed by atoms with van der Waals surface area (Å²) < 4.78 is 25.9. The van der Waals surface area contributed by atoms with Crippen molar-refractivity contribution in [2.45, 2.75) is 6.42 Å². The third-order valence-electron chi connectivity index (χ3n) is 1.77. The zero-order valence-electron chi connectivity index (χ0n) is 8.02. The van der Waals surface area contributed by atoms with E-state index >= 15 is 0 Å². The van der Waals surface area contributed by atoms with Crippen LogP contribution in [0.3, 0.4) is 0 Å². The fraction of sp³-hybridized carbons (Fsp3) is 0.100. The second kappa shape index (κ2) is 5.11. The molecule has 0 N–H and O–H groups in total. The van der Waals surface area contributed by atoms with E-state index in [1.54, 1.807) is 0 Å². The molecule has 1 aromatic carbocycles. The normalized spacial score (nSPS) is 10.6. The number of carbonyl (C=O) groups is 1. The van der Waals surface area contributed by atoms with Gasteiger partial charge in [-0.15, -0.1) is 0 Å². The maximum absolute atomic E-state index is 13.1. The quantitative estimate of drug-likeness (QED) is 0.451. The van der Waals surface area contributed by atoms with Crippen molar-refractivity contribution in [2.24, 2.45) is 0 Å². The van der Waals surface area contributed by atoms with Gasteiger partial charge in [0.2, 0.25) is 5.82 Å². The summed E-state index contributed by atoms with van der Waals surface area (Å²) in [6.45, 7) is 0. The largest absolute Gasteiger partial charge is 0.312 e. The SMILES string of the molecule is O=CCC=Cc1cc(F)cc(F)c1[N+](=O)[O-]. The van der Waals surface area contributed by atoms with E-state index in [-0.39, 0.29) is 12.0 Å². The van der Waals surface area contributed by atoms with Crippen LogP contribution in [-0.4, -0.2) is 11.2 Å². The van der Waals surface area contributed by atoms with Crippen LogP contribution >= 0.6 is 0 Å². The van der Waals surface area contributed by atoms with Gasteiger partial charge >= 0.3 is 5.69 Å². The Hall–Kier alpha value is -2.11. The van der Waals surface area contributed by atoms with Gasteiger partial charge in [0.15, 0.2) is 0 Å². The first-order chi connectivity index (χ1) is 7.56. The Balaban J connectivity index is 3.23. The van der Waals surface area contributed by atoms with Crippen LogP contribution in [-0.2, 0) is 4.79 Å². The summed E-state index contributed by atoms with van der Waals surface area (Å²) in [5, 5.41) is 10.5. The Labute approximate surface area is 89.3 Å². The smallest absolute Gasteiger partial charge is 0.303 e. The highest BCUT2D eigenvalue weighted by Crippen LogP contribution is 2.25. The van der Waals surface area contributed by atoms with Crippen LogP contribution in [0.1, 0.15) is 12.0 Å². The molecule has 0 unspecified atom stereocenters. The van der Waals surface area contributed by atoms with Crippen molar-refractivity contribution >= 4 is 18.0 Å². The number of nitro groups is 1. The predicted molar refractivity (Wildman–Crippen MR) is 52.7 cm³/mol. The van der Waals surface area contributed by atoms with Gasteiger partial charge in [-0.1, -0.05) is 12.2 Å².